The summed E-state index contributed by atoms with van der Waals surface area (Å²) in [5.41, 5.74) is -1.31. The summed E-state index contributed by atoms with van der Waals surface area (Å²) in [5.74, 6) is -1.44. The van der Waals surface area contributed by atoms with E-state index in [9.17, 15) is 18.0 Å². The molecule has 1 N–H and O–H groups in total. The van der Waals surface area contributed by atoms with Gasteiger partial charge in [-0.1, -0.05) is 0 Å². The van der Waals surface area contributed by atoms with Crippen molar-refractivity contribution in [2.75, 3.05) is 6.61 Å². The maximum Gasteiger partial charge on any atom is 0.339 e. The molecule has 0 saturated carbocycles. The van der Waals surface area contributed by atoms with Crippen LogP contribution in [-0.2, 0) is 19.6 Å². The second kappa shape index (κ2) is 5.59. The molecule has 20 heavy (non-hydrogen) atoms. The molecule has 0 aromatic heterocycles. The van der Waals surface area contributed by atoms with Crippen LogP contribution < -0.4 is 0 Å². The molecule has 8 heteroatoms. The fourth-order valence-electron chi connectivity index (χ4n) is 1.70. The zero-order valence-electron chi connectivity index (χ0n) is 10.3. The topological polar surface area (TPSA) is 107 Å². The zero-order valence-corrected chi connectivity index (χ0v) is 11.1. The molecular formula is C12H12O7S. The molecule has 2 bridgehead atoms. The van der Waals surface area contributed by atoms with Crippen molar-refractivity contribution in [2.45, 2.75) is 18.3 Å². The number of hydrogen-bond acceptors (Lipinski definition) is 6. The van der Waals surface area contributed by atoms with Gasteiger partial charge in [0.1, 0.15) is 0 Å². The monoisotopic (exact) mass is 300 g/mol. The first-order chi connectivity index (χ1) is 9.38. The molecule has 2 aliphatic heterocycles. The molecule has 0 spiro atoms. The molecule has 108 valence electrons. The predicted octanol–water partition coefficient (Wildman–Crippen LogP) is 1.01. The van der Waals surface area contributed by atoms with Crippen LogP contribution >= 0.6 is 0 Å². The van der Waals surface area contributed by atoms with Crippen LogP contribution in [0.15, 0.2) is 24.3 Å². The Labute approximate surface area is 115 Å². The molecule has 2 aliphatic rings. The van der Waals surface area contributed by atoms with Crippen LogP contribution in [0.5, 0.6) is 0 Å². The van der Waals surface area contributed by atoms with E-state index in [0.717, 1.165) is 0 Å². The highest BCUT2D eigenvalue weighted by molar-refractivity contribution is 7.86. The van der Waals surface area contributed by atoms with E-state index >= 15 is 0 Å². The Hall–Kier alpha value is -1.93. The van der Waals surface area contributed by atoms with Crippen molar-refractivity contribution in [1.29, 1.82) is 0 Å². The Morgan fingerprint density at radius 3 is 2.15 bits per heavy atom. The van der Waals surface area contributed by atoms with Gasteiger partial charge in [-0.25, -0.2) is 9.59 Å². The number of ether oxygens (including phenoxy) is 2. The molecule has 2 heterocycles. The lowest BCUT2D eigenvalue weighted by Gasteiger charge is -2.16. The van der Waals surface area contributed by atoms with Gasteiger partial charge < -0.3 is 9.47 Å². The van der Waals surface area contributed by atoms with Gasteiger partial charge in [-0.05, 0) is 30.7 Å². The highest BCUT2D eigenvalue weighted by Crippen LogP contribution is 2.15. The van der Waals surface area contributed by atoms with Gasteiger partial charge in [0, 0.05) is 6.42 Å². The number of esters is 2. The van der Waals surface area contributed by atoms with Gasteiger partial charge >= 0.3 is 22.1 Å². The Morgan fingerprint density at radius 2 is 1.60 bits per heavy atom. The SMILES string of the molecule is O=C1OCCCC(S(=O)(=O)O)OC(=O)c2ccc1cc2. The maximum atomic E-state index is 11.8. The van der Waals surface area contributed by atoms with Gasteiger partial charge in [-0.2, -0.15) is 8.42 Å². The van der Waals surface area contributed by atoms with Crippen LogP contribution in [0.3, 0.4) is 0 Å². The van der Waals surface area contributed by atoms with Gasteiger partial charge in [0.2, 0.25) is 5.44 Å². The lowest BCUT2D eigenvalue weighted by molar-refractivity contribution is 0.0364. The van der Waals surface area contributed by atoms with Crippen LogP contribution in [0.2, 0.25) is 0 Å². The van der Waals surface area contributed by atoms with Crippen molar-refractivity contribution in [2.24, 2.45) is 0 Å². The number of rotatable bonds is 1. The van der Waals surface area contributed by atoms with Crippen molar-refractivity contribution in [1.82, 2.24) is 0 Å². The Bertz CT molecular complexity index is 618. The quantitative estimate of drug-likeness (QED) is 0.609. The van der Waals surface area contributed by atoms with Crippen LogP contribution in [-0.4, -0.2) is 37.0 Å². The van der Waals surface area contributed by atoms with E-state index in [0.29, 0.717) is 0 Å². The van der Waals surface area contributed by atoms with Crippen LogP contribution in [0.1, 0.15) is 33.6 Å². The molecule has 0 aliphatic carbocycles. The summed E-state index contributed by atoms with van der Waals surface area (Å²) in [4.78, 5) is 23.4. The van der Waals surface area contributed by atoms with E-state index in [-0.39, 0.29) is 30.6 Å². The number of hydrogen-bond donors (Lipinski definition) is 1. The minimum Gasteiger partial charge on any atom is -0.462 e. The first kappa shape index (κ1) is 14.5. The van der Waals surface area contributed by atoms with Crippen LogP contribution in [0.4, 0.5) is 0 Å². The molecule has 0 saturated heterocycles. The fraction of sp³-hybridized carbons (Fsp3) is 0.333. The summed E-state index contributed by atoms with van der Waals surface area (Å²) in [5, 5.41) is 0. The van der Waals surface area contributed by atoms with Crippen molar-refractivity contribution < 1.29 is 32.0 Å². The first-order valence-electron chi connectivity index (χ1n) is 5.82. The number of carbonyl (C=O) groups excluding carboxylic acids is 2. The number of benzene rings is 1. The first-order valence-corrected chi connectivity index (χ1v) is 7.33. The van der Waals surface area contributed by atoms with Crippen molar-refractivity contribution >= 4 is 22.1 Å². The lowest BCUT2D eigenvalue weighted by Crippen LogP contribution is -2.28. The third-order valence-corrected chi connectivity index (χ3v) is 3.74. The third kappa shape index (κ3) is 3.34. The Kier molecular flexibility index (Phi) is 4.05. The van der Waals surface area contributed by atoms with Crippen molar-refractivity contribution in [3.63, 3.8) is 0 Å². The minimum absolute atomic E-state index is 0.0375. The summed E-state index contributed by atoms with van der Waals surface area (Å²) in [6, 6.07) is 5.40. The molecule has 1 unspecified atom stereocenters. The minimum atomic E-state index is -4.53. The smallest absolute Gasteiger partial charge is 0.339 e. The van der Waals surface area contributed by atoms with Crippen molar-refractivity contribution in [3.05, 3.63) is 35.4 Å². The summed E-state index contributed by atoms with van der Waals surface area (Å²) < 4.78 is 41.0. The highest BCUT2D eigenvalue weighted by Gasteiger charge is 2.28. The molecule has 7 nitrogen and oxygen atoms in total. The molecule has 1 aromatic carbocycles. The van der Waals surface area contributed by atoms with E-state index < -0.39 is 27.5 Å². The molecule has 3 rings (SSSR count). The fourth-order valence-corrected chi connectivity index (χ4v) is 2.37. The second-order valence-electron chi connectivity index (χ2n) is 4.21. The molecular weight excluding hydrogens is 288 g/mol. The highest BCUT2D eigenvalue weighted by atomic mass is 32.2. The summed E-state index contributed by atoms with van der Waals surface area (Å²) in [7, 11) is -4.53. The van der Waals surface area contributed by atoms with Crippen LogP contribution in [0.25, 0.3) is 0 Å². The van der Waals surface area contributed by atoms with E-state index in [1.807, 2.05) is 0 Å². The van der Waals surface area contributed by atoms with Gasteiger partial charge in [0.25, 0.3) is 0 Å². The van der Waals surface area contributed by atoms with E-state index in [1.165, 1.54) is 24.3 Å². The molecule has 0 amide bonds. The normalized spacial score (nSPS) is 20.6. The van der Waals surface area contributed by atoms with Crippen molar-refractivity contribution in [3.8, 4) is 0 Å². The van der Waals surface area contributed by atoms with E-state index in [1.54, 1.807) is 0 Å². The molecule has 0 radical (unpaired) electrons. The van der Waals surface area contributed by atoms with Gasteiger partial charge in [-0.15, -0.1) is 0 Å². The van der Waals surface area contributed by atoms with E-state index in [2.05, 4.69) is 0 Å². The largest absolute Gasteiger partial charge is 0.462 e. The zero-order chi connectivity index (χ0) is 14.8. The van der Waals surface area contributed by atoms with Crippen LogP contribution in [0, 0.1) is 0 Å². The van der Waals surface area contributed by atoms with Gasteiger partial charge in [0.15, 0.2) is 0 Å². The second-order valence-corrected chi connectivity index (χ2v) is 5.76. The summed E-state index contributed by atoms with van der Waals surface area (Å²) in [6.45, 7) is -0.0375. The average Bonchev–Trinajstić information content (AvgIpc) is 2.39. The maximum absolute atomic E-state index is 11.8. The summed E-state index contributed by atoms with van der Waals surface area (Å²) >= 11 is 0. The standard InChI is InChI=1S/C12H12O7S/c13-11-8-3-5-9(6-4-8)12(14)19-10(20(15,16)17)2-1-7-18-11/h3-6,10H,1-2,7H2,(H,15,16,17). The number of fused-ring (bicyclic) bond motifs is 9. The predicted molar refractivity (Wildman–Crippen MR) is 66.7 cm³/mol. The van der Waals surface area contributed by atoms with Gasteiger partial charge in [-0.3, -0.25) is 4.55 Å². The lowest BCUT2D eigenvalue weighted by atomic mass is 10.1. The average molecular weight is 300 g/mol. The Morgan fingerprint density at radius 1 is 1.05 bits per heavy atom. The third-order valence-electron chi connectivity index (χ3n) is 2.74. The molecule has 0 fully saturated rings. The molecule has 1 atom stereocenters. The number of carbonyl (C=O) groups is 2. The summed E-state index contributed by atoms with van der Waals surface area (Å²) in [6.07, 6.45) is -0.0204. The van der Waals surface area contributed by atoms with Gasteiger partial charge in [0.05, 0.1) is 17.7 Å². The van der Waals surface area contributed by atoms with E-state index in [4.69, 9.17) is 14.0 Å². The Balaban J connectivity index is 2.33. The molecule has 1 aromatic rings.